The first-order chi connectivity index (χ1) is 12.8. The Bertz CT molecular complexity index is 1040. The van der Waals surface area contributed by atoms with Crippen molar-refractivity contribution < 1.29 is 13.2 Å². The maximum Gasteiger partial charge on any atom is 0.242 e. The molecule has 3 rings (SSSR count). The minimum absolute atomic E-state index is 0.136. The Morgan fingerprint density at radius 3 is 2.63 bits per heavy atom. The maximum absolute atomic E-state index is 12.5. The van der Waals surface area contributed by atoms with E-state index in [0.717, 1.165) is 18.9 Å². The van der Waals surface area contributed by atoms with Crippen LogP contribution in [-0.2, 0) is 14.8 Å². The fourth-order valence-corrected chi connectivity index (χ4v) is 5.45. The first-order valence-corrected chi connectivity index (χ1v) is 11.3. The molecule has 0 aliphatic heterocycles. The lowest BCUT2D eigenvalue weighted by Gasteiger charge is -2.14. The molecule has 0 radical (unpaired) electrons. The van der Waals surface area contributed by atoms with Crippen molar-refractivity contribution in [1.29, 1.82) is 0 Å². The van der Waals surface area contributed by atoms with Crippen molar-refractivity contribution in [3.63, 3.8) is 0 Å². The predicted octanol–water partition coefficient (Wildman–Crippen LogP) is 3.67. The predicted molar refractivity (Wildman–Crippen MR) is 111 cm³/mol. The van der Waals surface area contributed by atoms with E-state index in [1.807, 2.05) is 24.3 Å². The highest BCUT2D eigenvalue weighted by Crippen LogP contribution is 2.32. The van der Waals surface area contributed by atoms with Crippen molar-refractivity contribution in [3.8, 4) is 0 Å². The van der Waals surface area contributed by atoms with E-state index < -0.39 is 10.0 Å². The summed E-state index contributed by atoms with van der Waals surface area (Å²) in [6.07, 6.45) is 0. The molecule has 3 aromatic rings. The Hall–Kier alpha value is -1.94. The van der Waals surface area contributed by atoms with Gasteiger partial charge in [0.15, 0.2) is 4.34 Å². The zero-order valence-electron chi connectivity index (χ0n) is 15.0. The summed E-state index contributed by atoms with van der Waals surface area (Å²) in [6.45, 7) is 1.80. The molecule has 0 saturated carbocycles. The van der Waals surface area contributed by atoms with E-state index >= 15 is 0 Å². The van der Waals surface area contributed by atoms with Crippen LogP contribution in [0, 0.1) is 0 Å². The highest BCUT2D eigenvalue weighted by Gasteiger charge is 2.20. The van der Waals surface area contributed by atoms with E-state index in [0.29, 0.717) is 5.69 Å². The van der Waals surface area contributed by atoms with Gasteiger partial charge in [-0.05, 0) is 37.3 Å². The number of rotatable bonds is 6. The van der Waals surface area contributed by atoms with E-state index in [-0.39, 0.29) is 16.1 Å². The molecule has 0 aliphatic rings. The molecule has 6 nitrogen and oxygen atoms in total. The standard InChI is InChI=1S/C18H19N3O3S3/c1-12(25-18-20-15-9-4-5-10-16(15)26-18)17(22)19-13-7-6-8-14(11-13)27(23,24)21(2)3/h4-12H,1-3H3,(H,19,22). The van der Waals surface area contributed by atoms with Crippen molar-refractivity contribution in [2.45, 2.75) is 21.4 Å². The van der Waals surface area contributed by atoms with Crippen LogP contribution in [0.2, 0.25) is 0 Å². The van der Waals surface area contributed by atoms with Gasteiger partial charge >= 0.3 is 0 Å². The van der Waals surface area contributed by atoms with Gasteiger partial charge in [-0.1, -0.05) is 30.0 Å². The summed E-state index contributed by atoms with van der Waals surface area (Å²) in [6, 6.07) is 14.1. The molecule has 0 spiro atoms. The molecule has 2 aromatic carbocycles. The number of sulfonamides is 1. The molecule has 0 saturated heterocycles. The van der Waals surface area contributed by atoms with Crippen LogP contribution in [-0.4, -0.2) is 43.0 Å². The minimum Gasteiger partial charge on any atom is -0.325 e. The number of hydrogen-bond acceptors (Lipinski definition) is 6. The van der Waals surface area contributed by atoms with Crippen molar-refractivity contribution in [2.75, 3.05) is 19.4 Å². The van der Waals surface area contributed by atoms with Gasteiger partial charge in [0.2, 0.25) is 15.9 Å². The number of hydrogen-bond donors (Lipinski definition) is 1. The number of benzene rings is 2. The van der Waals surface area contributed by atoms with Crippen LogP contribution < -0.4 is 5.32 Å². The lowest BCUT2D eigenvalue weighted by molar-refractivity contribution is -0.115. The molecule has 1 N–H and O–H groups in total. The van der Waals surface area contributed by atoms with Gasteiger partial charge in [-0.3, -0.25) is 4.79 Å². The first-order valence-electron chi connectivity index (χ1n) is 8.13. The molecule has 1 heterocycles. The van der Waals surface area contributed by atoms with Crippen molar-refractivity contribution in [3.05, 3.63) is 48.5 Å². The average molecular weight is 422 g/mol. The fourth-order valence-electron chi connectivity index (χ4n) is 2.30. The largest absolute Gasteiger partial charge is 0.325 e. The molecule has 27 heavy (non-hydrogen) atoms. The van der Waals surface area contributed by atoms with Crippen molar-refractivity contribution in [2.24, 2.45) is 0 Å². The van der Waals surface area contributed by atoms with Gasteiger partial charge in [0.1, 0.15) is 0 Å². The minimum atomic E-state index is -3.55. The third-order valence-electron chi connectivity index (χ3n) is 3.80. The summed E-state index contributed by atoms with van der Waals surface area (Å²) in [7, 11) is -0.611. The van der Waals surface area contributed by atoms with Crippen molar-refractivity contribution in [1.82, 2.24) is 9.29 Å². The van der Waals surface area contributed by atoms with Crippen LogP contribution in [0.5, 0.6) is 0 Å². The number of thiazole rings is 1. The van der Waals surface area contributed by atoms with Gasteiger partial charge < -0.3 is 5.32 Å². The number of thioether (sulfide) groups is 1. The third kappa shape index (κ3) is 4.49. The molecule has 9 heteroatoms. The van der Waals surface area contributed by atoms with E-state index in [2.05, 4.69) is 10.3 Å². The van der Waals surface area contributed by atoms with Crippen molar-refractivity contribution >= 4 is 54.9 Å². The molecule has 0 fully saturated rings. The number of fused-ring (bicyclic) bond motifs is 1. The Labute approximate surface area is 166 Å². The summed E-state index contributed by atoms with van der Waals surface area (Å²) >= 11 is 2.93. The Morgan fingerprint density at radius 1 is 1.19 bits per heavy atom. The summed E-state index contributed by atoms with van der Waals surface area (Å²) in [5.41, 5.74) is 1.36. The molecule has 0 bridgehead atoms. The summed E-state index contributed by atoms with van der Waals surface area (Å²) in [5.74, 6) is -0.210. The van der Waals surface area contributed by atoms with Crippen LogP contribution in [0.25, 0.3) is 10.2 Å². The SMILES string of the molecule is CC(Sc1nc2ccccc2s1)C(=O)Nc1cccc(S(=O)(=O)N(C)C)c1. The molecular weight excluding hydrogens is 402 g/mol. The second-order valence-corrected chi connectivity index (χ2v) is 10.8. The number of para-hydroxylation sites is 1. The number of carbonyl (C=O) groups is 1. The van der Waals surface area contributed by atoms with Gasteiger partial charge in [0, 0.05) is 19.8 Å². The molecule has 1 unspecified atom stereocenters. The van der Waals surface area contributed by atoms with E-state index in [9.17, 15) is 13.2 Å². The number of carbonyl (C=O) groups excluding carboxylic acids is 1. The average Bonchev–Trinajstić information content (AvgIpc) is 3.04. The quantitative estimate of drug-likeness (QED) is 0.615. The maximum atomic E-state index is 12.5. The van der Waals surface area contributed by atoms with Crippen LogP contribution in [0.3, 0.4) is 0 Å². The number of amides is 1. The number of aromatic nitrogens is 1. The van der Waals surface area contributed by atoms with E-state index in [4.69, 9.17) is 0 Å². The zero-order valence-corrected chi connectivity index (χ0v) is 17.5. The molecule has 1 aromatic heterocycles. The molecule has 0 aliphatic carbocycles. The van der Waals surface area contributed by atoms with Crippen LogP contribution in [0.4, 0.5) is 5.69 Å². The zero-order chi connectivity index (χ0) is 19.6. The Balaban J connectivity index is 1.71. The van der Waals surface area contributed by atoms with Gasteiger partial charge in [-0.25, -0.2) is 17.7 Å². The molecular formula is C18H19N3O3S3. The third-order valence-corrected chi connectivity index (χ3v) is 7.84. The Kier molecular flexibility index (Phi) is 5.85. The smallest absolute Gasteiger partial charge is 0.242 e. The Morgan fingerprint density at radius 2 is 1.93 bits per heavy atom. The number of anilines is 1. The van der Waals surface area contributed by atoms with E-state index in [1.54, 1.807) is 30.4 Å². The lowest BCUT2D eigenvalue weighted by atomic mass is 10.3. The highest BCUT2D eigenvalue weighted by atomic mass is 32.2. The lowest BCUT2D eigenvalue weighted by Crippen LogP contribution is -2.24. The normalized spacial score (nSPS) is 13.0. The van der Waals surface area contributed by atoms with Crippen LogP contribution >= 0.6 is 23.1 Å². The van der Waals surface area contributed by atoms with Gasteiger partial charge in [0.25, 0.3) is 0 Å². The van der Waals surface area contributed by atoms with Gasteiger partial charge in [-0.15, -0.1) is 11.3 Å². The number of nitrogens with one attached hydrogen (secondary N) is 1. The molecule has 142 valence electrons. The number of nitrogens with zero attached hydrogens (tertiary/aromatic N) is 2. The summed E-state index contributed by atoms with van der Waals surface area (Å²) in [4.78, 5) is 17.2. The van der Waals surface area contributed by atoms with Gasteiger partial charge in [0.05, 0.1) is 20.4 Å². The monoisotopic (exact) mass is 421 g/mol. The van der Waals surface area contributed by atoms with E-state index in [1.165, 1.54) is 38.0 Å². The molecule has 1 atom stereocenters. The second-order valence-electron chi connectivity index (χ2n) is 6.01. The topological polar surface area (TPSA) is 79.4 Å². The molecule has 1 amide bonds. The first kappa shape index (κ1) is 19.8. The fraction of sp³-hybridized carbons (Fsp3) is 0.222. The summed E-state index contributed by atoms with van der Waals surface area (Å²) < 4.78 is 27.5. The van der Waals surface area contributed by atoms with Crippen LogP contribution in [0.15, 0.2) is 57.8 Å². The summed E-state index contributed by atoms with van der Waals surface area (Å²) in [5, 5.41) is 2.41. The van der Waals surface area contributed by atoms with Crippen LogP contribution in [0.1, 0.15) is 6.92 Å². The highest BCUT2D eigenvalue weighted by molar-refractivity contribution is 8.02. The van der Waals surface area contributed by atoms with Gasteiger partial charge in [-0.2, -0.15) is 0 Å². The second kappa shape index (κ2) is 7.97.